The minimum absolute atomic E-state index is 0.148. The van der Waals surface area contributed by atoms with Crippen LogP contribution in [0.3, 0.4) is 0 Å². The number of hydrogen-bond acceptors (Lipinski definition) is 5. The predicted octanol–water partition coefficient (Wildman–Crippen LogP) is 1.52. The molecule has 0 aromatic heterocycles. The van der Waals surface area contributed by atoms with E-state index < -0.39 is 10.8 Å². The Morgan fingerprint density at radius 2 is 2.05 bits per heavy atom. The van der Waals surface area contributed by atoms with Crippen LogP contribution in [0.1, 0.15) is 13.3 Å². The molecule has 1 aliphatic heterocycles. The lowest BCUT2D eigenvalue weighted by atomic mass is 10.3. The zero-order valence-electron chi connectivity index (χ0n) is 10.7. The van der Waals surface area contributed by atoms with E-state index in [-0.39, 0.29) is 18.1 Å². The van der Waals surface area contributed by atoms with Gasteiger partial charge in [-0.2, -0.15) is 0 Å². The molecule has 0 saturated carbocycles. The van der Waals surface area contributed by atoms with Crippen molar-refractivity contribution in [3.63, 3.8) is 0 Å². The normalized spacial score (nSPS) is 14.8. The average Bonchev–Trinajstić information content (AvgIpc) is 2.44. The van der Waals surface area contributed by atoms with Crippen LogP contribution in [0.2, 0.25) is 0 Å². The van der Waals surface area contributed by atoms with Gasteiger partial charge in [0.05, 0.1) is 23.8 Å². The molecule has 6 heteroatoms. The first-order valence-corrected chi connectivity index (χ1v) is 7.46. The fourth-order valence-corrected chi connectivity index (χ4v) is 2.74. The Bertz CT molecular complexity index is 486. The molecule has 0 aliphatic carbocycles. The van der Waals surface area contributed by atoms with Crippen molar-refractivity contribution in [2.45, 2.75) is 18.2 Å². The molecule has 0 radical (unpaired) electrons. The molecule has 0 bridgehead atoms. The van der Waals surface area contributed by atoms with E-state index in [1.54, 1.807) is 25.1 Å². The van der Waals surface area contributed by atoms with Gasteiger partial charge in [0, 0.05) is 16.7 Å². The van der Waals surface area contributed by atoms with Gasteiger partial charge in [0.1, 0.15) is 13.2 Å². The molecule has 1 unspecified atom stereocenters. The van der Waals surface area contributed by atoms with E-state index in [1.165, 1.54) is 0 Å². The summed E-state index contributed by atoms with van der Waals surface area (Å²) >= 11 is 0. The minimum atomic E-state index is -1.24. The molecule has 5 nitrogen and oxygen atoms in total. The molecular formula is C13H16O5S. The Hall–Kier alpha value is -1.56. The second-order valence-electron chi connectivity index (χ2n) is 3.91. The summed E-state index contributed by atoms with van der Waals surface area (Å²) in [6, 6.07) is 5.18. The maximum Gasteiger partial charge on any atom is 0.306 e. The van der Waals surface area contributed by atoms with E-state index in [9.17, 15) is 9.00 Å². The van der Waals surface area contributed by atoms with Crippen LogP contribution < -0.4 is 9.47 Å². The largest absolute Gasteiger partial charge is 0.486 e. The van der Waals surface area contributed by atoms with Gasteiger partial charge in [-0.15, -0.1) is 0 Å². The van der Waals surface area contributed by atoms with Crippen molar-refractivity contribution in [3.8, 4) is 11.5 Å². The van der Waals surface area contributed by atoms with Gasteiger partial charge in [-0.3, -0.25) is 9.00 Å². The van der Waals surface area contributed by atoms with Crippen LogP contribution >= 0.6 is 0 Å². The minimum Gasteiger partial charge on any atom is -0.486 e. The topological polar surface area (TPSA) is 61.8 Å². The van der Waals surface area contributed by atoms with Crippen molar-refractivity contribution in [2.24, 2.45) is 0 Å². The van der Waals surface area contributed by atoms with Gasteiger partial charge in [-0.1, -0.05) is 0 Å². The summed E-state index contributed by atoms with van der Waals surface area (Å²) in [5.74, 6) is 1.19. The molecule has 0 N–H and O–H groups in total. The number of fused-ring (bicyclic) bond motifs is 1. The smallest absolute Gasteiger partial charge is 0.306 e. The van der Waals surface area contributed by atoms with E-state index in [2.05, 4.69) is 0 Å². The Labute approximate surface area is 114 Å². The molecule has 1 aromatic carbocycles. The van der Waals surface area contributed by atoms with Crippen molar-refractivity contribution in [3.05, 3.63) is 18.2 Å². The first-order chi connectivity index (χ1) is 9.20. The fourth-order valence-electron chi connectivity index (χ4n) is 1.69. The van der Waals surface area contributed by atoms with Gasteiger partial charge in [-0.05, 0) is 19.1 Å². The molecule has 0 amide bonds. The number of carbonyl (C=O) groups is 1. The molecule has 0 fully saturated rings. The van der Waals surface area contributed by atoms with Crippen LogP contribution in [0.5, 0.6) is 11.5 Å². The number of esters is 1. The highest BCUT2D eigenvalue weighted by Gasteiger charge is 2.15. The number of hydrogen-bond donors (Lipinski definition) is 0. The van der Waals surface area contributed by atoms with Crippen LogP contribution in [0.4, 0.5) is 0 Å². The van der Waals surface area contributed by atoms with Crippen LogP contribution in [0.15, 0.2) is 23.1 Å². The Balaban J connectivity index is 1.97. The standard InChI is InChI=1S/C13H16O5S/c1-2-16-13(14)5-8-19(15)10-3-4-11-12(9-10)18-7-6-17-11/h3-4,9H,2,5-8H2,1H3. The van der Waals surface area contributed by atoms with Crippen molar-refractivity contribution >= 4 is 16.8 Å². The summed E-state index contributed by atoms with van der Waals surface area (Å²) in [7, 11) is -1.24. The number of ether oxygens (including phenoxy) is 3. The molecule has 0 saturated heterocycles. The highest BCUT2D eigenvalue weighted by atomic mass is 32.2. The Morgan fingerprint density at radius 3 is 2.79 bits per heavy atom. The summed E-state index contributed by atoms with van der Waals surface area (Å²) in [5.41, 5.74) is 0. The molecule has 2 rings (SSSR count). The first-order valence-electron chi connectivity index (χ1n) is 6.14. The SMILES string of the molecule is CCOC(=O)CCS(=O)c1ccc2c(c1)OCCO2. The van der Waals surface area contributed by atoms with E-state index in [1.807, 2.05) is 0 Å². The van der Waals surface area contributed by atoms with E-state index in [0.717, 1.165) is 0 Å². The van der Waals surface area contributed by atoms with E-state index in [4.69, 9.17) is 14.2 Å². The lowest BCUT2D eigenvalue weighted by molar-refractivity contribution is -0.142. The van der Waals surface area contributed by atoms with Crippen LogP contribution in [-0.2, 0) is 20.3 Å². The molecule has 1 aliphatic rings. The third-order valence-corrected chi connectivity index (χ3v) is 3.93. The summed E-state index contributed by atoms with van der Waals surface area (Å²) in [5, 5.41) is 0. The lowest BCUT2D eigenvalue weighted by Crippen LogP contribution is -2.15. The fraction of sp³-hybridized carbons (Fsp3) is 0.462. The van der Waals surface area contributed by atoms with Gasteiger partial charge in [0.15, 0.2) is 11.5 Å². The summed E-state index contributed by atoms with van der Waals surface area (Å²) < 4.78 is 27.7. The Kier molecular flexibility index (Phi) is 4.79. The average molecular weight is 284 g/mol. The highest BCUT2D eigenvalue weighted by molar-refractivity contribution is 7.85. The summed E-state index contributed by atoms with van der Waals surface area (Å²) in [6.45, 7) is 3.11. The third kappa shape index (κ3) is 3.70. The zero-order chi connectivity index (χ0) is 13.7. The van der Waals surface area contributed by atoms with Crippen molar-refractivity contribution in [1.82, 2.24) is 0 Å². The number of carbonyl (C=O) groups excluding carboxylic acids is 1. The van der Waals surface area contributed by atoms with Crippen molar-refractivity contribution < 1.29 is 23.2 Å². The van der Waals surface area contributed by atoms with Gasteiger partial charge in [0.25, 0.3) is 0 Å². The summed E-state index contributed by atoms with van der Waals surface area (Å²) in [4.78, 5) is 11.8. The number of benzene rings is 1. The van der Waals surface area contributed by atoms with Crippen molar-refractivity contribution in [1.29, 1.82) is 0 Å². The number of rotatable bonds is 5. The highest BCUT2D eigenvalue weighted by Crippen LogP contribution is 2.31. The third-order valence-electron chi connectivity index (χ3n) is 2.57. The molecular weight excluding hydrogens is 268 g/mol. The second kappa shape index (κ2) is 6.56. The molecule has 1 aromatic rings. The molecule has 0 spiro atoms. The molecule has 1 heterocycles. The van der Waals surface area contributed by atoms with Gasteiger partial charge >= 0.3 is 5.97 Å². The quantitative estimate of drug-likeness (QED) is 0.767. The molecule has 19 heavy (non-hydrogen) atoms. The first kappa shape index (κ1) is 13.9. The van der Waals surface area contributed by atoms with Gasteiger partial charge in [-0.25, -0.2) is 0 Å². The van der Waals surface area contributed by atoms with Gasteiger partial charge in [0.2, 0.25) is 0 Å². The molecule has 104 valence electrons. The second-order valence-corrected chi connectivity index (χ2v) is 5.48. The van der Waals surface area contributed by atoms with Crippen molar-refractivity contribution in [2.75, 3.05) is 25.6 Å². The van der Waals surface area contributed by atoms with E-state index in [0.29, 0.717) is 36.2 Å². The predicted molar refractivity (Wildman–Crippen MR) is 70.0 cm³/mol. The summed E-state index contributed by atoms with van der Waals surface area (Å²) in [6.07, 6.45) is 0.148. The maximum absolute atomic E-state index is 12.0. The maximum atomic E-state index is 12.0. The van der Waals surface area contributed by atoms with Crippen LogP contribution in [0.25, 0.3) is 0 Å². The Morgan fingerprint density at radius 1 is 1.32 bits per heavy atom. The van der Waals surface area contributed by atoms with E-state index >= 15 is 0 Å². The lowest BCUT2D eigenvalue weighted by Gasteiger charge is -2.18. The van der Waals surface area contributed by atoms with Gasteiger partial charge < -0.3 is 14.2 Å². The zero-order valence-corrected chi connectivity index (χ0v) is 11.5. The molecule has 1 atom stereocenters. The van der Waals surface area contributed by atoms with Crippen LogP contribution in [-0.4, -0.2) is 35.8 Å². The van der Waals surface area contributed by atoms with Crippen LogP contribution in [0, 0.1) is 0 Å². The monoisotopic (exact) mass is 284 g/mol.